The van der Waals surface area contributed by atoms with Crippen LogP contribution in [0, 0.1) is 5.92 Å². The lowest BCUT2D eigenvalue weighted by molar-refractivity contribution is 0.141. The van der Waals surface area contributed by atoms with E-state index in [4.69, 9.17) is 0 Å². The molecule has 0 spiro atoms. The van der Waals surface area contributed by atoms with Crippen molar-refractivity contribution in [2.75, 3.05) is 11.9 Å². The van der Waals surface area contributed by atoms with E-state index in [2.05, 4.69) is 15.3 Å². The lowest BCUT2D eigenvalue weighted by Gasteiger charge is -2.10. The third-order valence-electron chi connectivity index (χ3n) is 3.36. The second-order valence-corrected chi connectivity index (χ2v) is 4.91. The van der Waals surface area contributed by atoms with Crippen molar-refractivity contribution in [1.29, 1.82) is 0 Å². The van der Waals surface area contributed by atoms with E-state index in [0.717, 1.165) is 24.3 Å². The van der Waals surface area contributed by atoms with E-state index in [1.165, 1.54) is 12.8 Å². The molecule has 0 aliphatic heterocycles. The summed E-state index contributed by atoms with van der Waals surface area (Å²) in [5.41, 5.74) is 0.557. The largest absolute Gasteiger partial charge is 0.369 e. The fourth-order valence-electron chi connectivity index (χ4n) is 2.13. The van der Waals surface area contributed by atoms with Crippen LogP contribution in [0.4, 0.5) is 14.6 Å². The first-order valence-electron chi connectivity index (χ1n) is 6.53. The molecule has 0 amide bonds. The van der Waals surface area contributed by atoms with Gasteiger partial charge < -0.3 is 5.32 Å². The number of fused-ring (bicyclic) bond motifs is 1. The summed E-state index contributed by atoms with van der Waals surface area (Å²) in [4.78, 5) is 7.84. The molecule has 2 aromatic rings. The zero-order chi connectivity index (χ0) is 13.2. The van der Waals surface area contributed by atoms with Gasteiger partial charge in [0, 0.05) is 11.9 Å². The normalized spacial score (nSPS) is 15.1. The fraction of sp³-hybridized carbons (Fsp3) is 0.429. The quantitative estimate of drug-likeness (QED) is 0.892. The number of alkyl halides is 2. The van der Waals surface area contributed by atoms with Crippen LogP contribution >= 0.6 is 0 Å². The van der Waals surface area contributed by atoms with Gasteiger partial charge in [-0.2, -0.15) is 0 Å². The molecular weight excluding hydrogens is 248 g/mol. The van der Waals surface area contributed by atoms with Crippen molar-refractivity contribution in [3.63, 3.8) is 0 Å². The Labute approximate surface area is 110 Å². The highest BCUT2D eigenvalue weighted by atomic mass is 19.3. The van der Waals surface area contributed by atoms with Gasteiger partial charge in [0.05, 0.1) is 5.52 Å². The van der Waals surface area contributed by atoms with Gasteiger partial charge >= 0.3 is 0 Å². The third-order valence-corrected chi connectivity index (χ3v) is 3.36. The van der Waals surface area contributed by atoms with Crippen molar-refractivity contribution in [3.05, 3.63) is 30.1 Å². The molecule has 1 aromatic heterocycles. The zero-order valence-corrected chi connectivity index (χ0v) is 10.4. The molecule has 1 aromatic carbocycles. The van der Waals surface area contributed by atoms with Crippen LogP contribution in [-0.4, -0.2) is 16.5 Å². The van der Waals surface area contributed by atoms with Crippen LogP contribution in [0.25, 0.3) is 10.9 Å². The summed E-state index contributed by atoms with van der Waals surface area (Å²) in [5.74, 6) is 0.907. The van der Waals surface area contributed by atoms with Crippen LogP contribution in [0.1, 0.15) is 31.5 Å². The Hall–Kier alpha value is -1.78. The maximum atomic E-state index is 12.8. The number of hydrogen-bond acceptors (Lipinski definition) is 3. The Balaban J connectivity index is 1.89. The van der Waals surface area contributed by atoms with Crippen molar-refractivity contribution in [2.45, 2.75) is 25.7 Å². The van der Waals surface area contributed by atoms with Crippen LogP contribution in [-0.2, 0) is 0 Å². The number of aromatic nitrogens is 2. The number of nitrogens with zero attached hydrogens (tertiary/aromatic N) is 2. The van der Waals surface area contributed by atoms with Gasteiger partial charge in [-0.3, -0.25) is 0 Å². The Bertz CT molecular complexity index is 582. The first kappa shape index (κ1) is 12.3. The van der Waals surface area contributed by atoms with Gasteiger partial charge in [0.1, 0.15) is 5.82 Å². The first-order valence-corrected chi connectivity index (χ1v) is 6.53. The van der Waals surface area contributed by atoms with Gasteiger partial charge in [0.15, 0.2) is 5.82 Å². The summed E-state index contributed by atoms with van der Waals surface area (Å²) in [7, 11) is 0. The van der Waals surface area contributed by atoms with Crippen molar-refractivity contribution >= 4 is 16.7 Å². The van der Waals surface area contributed by atoms with Crippen molar-refractivity contribution in [1.82, 2.24) is 9.97 Å². The van der Waals surface area contributed by atoms with Crippen LogP contribution in [0.3, 0.4) is 0 Å². The second kappa shape index (κ2) is 5.07. The minimum Gasteiger partial charge on any atom is -0.369 e. The number of halogens is 2. The fourth-order valence-corrected chi connectivity index (χ4v) is 2.13. The molecule has 0 saturated heterocycles. The average molecular weight is 263 g/mol. The molecule has 19 heavy (non-hydrogen) atoms. The van der Waals surface area contributed by atoms with E-state index >= 15 is 0 Å². The maximum Gasteiger partial charge on any atom is 0.297 e. The van der Waals surface area contributed by atoms with Gasteiger partial charge in [0.2, 0.25) is 0 Å². The molecule has 1 fully saturated rings. The highest BCUT2D eigenvalue weighted by molar-refractivity contribution is 5.88. The molecule has 3 nitrogen and oxygen atoms in total. The van der Waals surface area contributed by atoms with E-state index < -0.39 is 12.2 Å². The lowest BCUT2D eigenvalue weighted by atomic mass is 10.2. The number of hydrogen-bond donors (Lipinski definition) is 1. The summed E-state index contributed by atoms with van der Waals surface area (Å²) in [5, 5.41) is 3.96. The van der Waals surface area contributed by atoms with E-state index in [1.807, 2.05) is 12.1 Å². The van der Waals surface area contributed by atoms with Crippen LogP contribution in [0.5, 0.6) is 0 Å². The molecule has 1 aliphatic rings. The molecule has 100 valence electrons. The first-order chi connectivity index (χ1) is 9.24. The van der Waals surface area contributed by atoms with Crippen molar-refractivity contribution in [2.24, 2.45) is 5.92 Å². The Morgan fingerprint density at radius 3 is 2.74 bits per heavy atom. The predicted molar refractivity (Wildman–Crippen MR) is 70.3 cm³/mol. The summed E-state index contributed by atoms with van der Waals surface area (Å²) >= 11 is 0. The third kappa shape index (κ3) is 2.80. The van der Waals surface area contributed by atoms with Gasteiger partial charge in [-0.1, -0.05) is 25.0 Å². The Kier molecular flexibility index (Phi) is 3.27. The average Bonchev–Trinajstić information content (AvgIpc) is 3.22. The Morgan fingerprint density at radius 2 is 2.00 bits per heavy atom. The monoisotopic (exact) mass is 263 g/mol. The molecule has 0 radical (unpaired) electrons. The van der Waals surface area contributed by atoms with Gasteiger partial charge in [-0.05, 0) is 24.5 Å². The lowest BCUT2D eigenvalue weighted by Crippen LogP contribution is -2.07. The van der Waals surface area contributed by atoms with Crippen LogP contribution in [0.2, 0.25) is 0 Å². The molecule has 0 atom stereocenters. The summed E-state index contributed by atoms with van der Waals surface area (Å²) < 4.78 is 25.6. The standard InChI is InChI=1S/C14H15F2N3/c15-12(16)14-18-11-4-2-1-3-10(11)13(19-14)17-8-7-9-5-6-9/h1-4,9,12H,5-8H2,(H,17,18,19). The summed E-state index contributed by atoms with van der Waals surface area (Å²) in [6.45, 7) is 0.772. The van der Waals surface area contributed by atoms with Crippen molar-refractivity contribution in [3.8, 4) is 0 Å². The molecule has 5 heteroatoms. The molecule has 0 unspecified atom stereocenters. The van der Waals surface area contributed by atoms with Gasteiger partial charge in [0.25, 0.3) is 6.43 Å². The molecule has 3 rings (SSSR count). The van der Waals surface area contributed by atoms with Crippen molar-refractivity contribution < 1.29 is 8.78 Å². The highest BCUT2D eigenvalue weighted by Gasteiger charge is 2.21. The van der Waals surface area contributed by atoms with Crippen LogP contribution in [0.15, 0.2) is 24.3 Å². The second-order valence-electron chi connectivity index (χ2n) is 4.91. The smallest absolute Gasteiger partial charge is 0.297 e. The van der Waals surface area contributed by atoms with E-state index in [-0.39, 0.29) is 0 Å². The number of nitrogens with one attached hydrogen (secondary N) is 1. The van der Waals surface area contributed by atoms with E-state index in [1.54, 1.807) is 12.1 Å². The molecule has 1 N–H and O–H groups in total. The van der Waals surface area contributed by atoms with Gasteiger partial charge in [-0.25, -0.2) is 18.7 Å². The van der Waals surface area contributed by atoms with Gasteiger partial charge in [-0.15, -0.1) is 0 Å². The summed E-state index contributed by atoms with van der Waals surface area (Å²) in [6, 6.07) is 7.23. The molecular formula is C14H15F2N3. The number of anilines is 1. The predicted octanol–water partition coefficient (Wildman–Crippen LogP) is 3.78. The zero-order valence-electron chi connectivity index (χ0n) is 10.4. The number of benzene rings is 1. The Morgan fingerprint density at radius 1 is 1.21 bits per heavy atom. The highest BCUT2D eigenvalue weighted by Crippen LogP contribution is 2.32. The molecule has 0 bridgehead atoms. The van der Waals surface area contributed by atoms with Crippen LogP contribution < -0.4 is 5.32 Å². The topological polar surface area (TPSA) is 37.8 Å². The van der Waals surface area contributed by atoms with E-state index in [0.29, 0.717) is 11.3 Å². The van der Waals surface area contributed by atoms with E-state index in [9.17, 15) is 8.78 Å². The maximum absolute atomic E-state index is 12.8. The SMILES string of the molecule is FC(F)c1nc(NCCC2CC2)c2ccccc2n1. The molecule has 1 saturated carbocycles. The number of rotatable bonds is 5. The molecule has 1 aliphatic carbocycles. The number of para-hydroxylation sites is 1. The minimum absolute atomic E-state index is 0.410. The molecule has 1 heterocycles. The minimum atomic E-state index is -2.64. The summed E-state index contributed by atoms with van der Waals surface area (Å²) in [6.07, 6.45) is 0.999.